The van der Waals surface area contributed by atoms with Gasteiger partial charge in [0, 0.05) is 50.9 Å². The van der Waals surface area contributed by atoms with Crippen molar-refractivity contribution in [3.05, 3.63) is 47.5 Å². The third-order valence-corrected chi connectivity index (χ3v) is 6.47. The van der Waals surface area contributed by atoms with Crippen LogP contribution in [0.25, 0.3) is 0 Å². The maximum atomic E-state index is 13.5. The van der Waals surface area contributed by atoms with Crippen LogP contribution in [0.1, 0.15) is 43.7 Å². The smallest absolute Gasteiger partial charge is 0.409 e. The molecule has 1 aliphatic rings. The first-order chi connectivity index (χ1) is 18.4. The van der Waals surface area contributed by atoms with E-state index in [1.54, 1.807) is 33.2 Å². The molecule has 0 aliphatic carbocycles. The number of hydrogen-bond donors (Lipinski definition) is 0. The number of carbonyl (C=O) groups excluding carboxylic acids is 2. The van der Waals surface area contributed by atoms with Gasteiger partial charge in [-0.05, 0) is 36.6 Å². The third-order valence-electron chi connectivity index (χ3n) is 6.47. The second-order valence-corrected chi connectivity index (χ2v) is 9.51. The molecule has 0 saturated carbocycles. The van der Waals surface area contributed by atoms with Gasteiger partial charge in [0.15, 0.2) is 11.5 Å². The first-order valence-corrected chi connectivity index (χ1v) is 13.2. The Morgan fingerprint density at radius 3 is 2.45 bits per heavy atom. The van der Waals surface area contributed by atoms with Gasteiger partial charge in [0.1, 0.15) is 5.75 Å². The van der Waals surface area contributed by atoms with E-state index in [9.17, 15) is 9.59 Å². The van der Waals surface area contributed by atoms with Crippen LogP contribution >= 0.6 is 0 Å². The van der Waals surface area contributed by atoms with Gasteiger partial charge in [-0.3, -0.25) is 4.90 Å². The second-order valence-electron chi connectivity index (χ2n) is 9.51. The molecule has 1 saturated heterocycles. The van der Waals surface area contributed by atoms with Crippen molar-refractivity contribution in [2.24, 2.45) is 0 Å². The van der Waals surface area contributed by atoms with Gasteiger partial charge in [0.25, 0.3) is 0 Å². The molecular formula is C29H41N3O6. The van der Waals surface area contributed by atoms with Crippen LogP contribution in [0.2, 0.25) is 0 Å². The highest BCUT2D eigenvalue weighted by atomic mass is 16.6. The number of unbranched alkanes of at least 4 members (excludes halogenated alkanes) is 2. The van der Waals surface area contributed by atoms with Crippen LogP contribution in [0.3, 0.4) is 0 Å². The summed E-state index contributed by atoms with van der Waals surface area (Å²) in [5.41, 5.74) is 2.71. The fourth-order valence-electron chi connectivity index (χ4n) is 4.31. The minimum Gasteiger partial charge on any atom is -0.496 e. The molecule has 0 unspecified atom stereocenters. The molecule has 38 heavy (non-hydrogen) atoms. The summed E-state index contributed by atoms with van der Waals surface area (Å²) in [6.07, 6.45) is 4.26. The molecule has 0 radical (unpaired) electrons. The van der Waals surface area contributed by atoms with Crippen LogP contribution in [0.4, 0.5) is 15.3 Å². The molecule has 2 aromatic rings. The number of urea groups is 1. The van der Waals surface area contributed by atoms with Crippen LogP contribution in [0.15, 0.2) is 36.4 Å². The van der Waals surface area contributed by atoms with E-state index in [-0.39, 0.29) is 18.7 Å². The summed E-state index contributed by atoms with van der Waals surface area (Å²) in [7, 11) is 6.55. The highest BCUT2D eigenvalue weighted by Gasteiger charge is 2.28. The third kappa shape index (κ3) is 7.69. The monoisotopic (exact) mass is 527 g/mol. The lowest BCUT2D eigenvalue weighted by molar-refractivity contribution is 0.119. The quantitative estimate of drug-likeness (QED) is 0.327. The molecule has 208 valence electrons. The van der Waals surface area contributed by atoms with Crippen LogP contribution in [0.5, 0.6) is 17.2 Å². The maximum absolute atomic E-state index is 13.5. The Bertz CT molecular complexity index is 1070. The Kier molecular flexibility index (Phi) is 10.9. The Morgan fingerprint density at radius 2 is 1.74 bits per heavy atom. The zero-order chi connectivity index (χ0) is 27.5. The SMILES string of the molecule is CCCCCOc1cc(N2CCCN(Cc3ccc(CCOC(=O)N(C)C)cc3OC)C2=O)ccc1OC. The molecule has 0 bridgehead atoms. The van der Waals surface area contributed by atoms with E-state index in [1.165, 1.54) is 4.90 Å². The van der Waals surface area contributed by atoms with Gasteiger partial charge in [-0.15, -0.1) is 0 Å². The summed E-state index contributed by atoms with van der Waals surface area (Å²) in [6, 6.07) is 11.5. The molecule has 0 atom stereocenters. The fourth-order valence-corrected chi connectivity index (χ4v) is 4.31. The van der Waals surface area contributed by atoms with Crippen molar-refractivity contribution < 1.29 is 28.5 Å². The Balaban J connectivity index is 1.68. The standard InChI is InChI=1S/C29H41N3O6/c1-6-7-8-17-37-27-20-24(12-13-25(27)35-4)32-16-9-15-31(28(32)33)21-23-11-10-22(19-26(23)36-5)14-18-38-29(34)30(2)3/h10-13,19-20H,6-9,14-18,21H2,1-5H3. The van der Waals surface area contributed by atoms with Gasteiger partial charge >= 0.3 is 12.1 Å². The molecule has 1 fully saturated rings. The van der Waals surface area contributed by atoms with E-state index >= 15 is 0 Å². The van der Waals surface area contributed by atoms with Crippen LogP contribution in [-0.2, 0) is 17.7 Å². The number of amides is 3. The molecule has 9 heteroatoms. The van der Waals surface area contributed by atoms with Crippen molar-refractivity contribution in [3.63, 3.8) is 0 Å². The van der Waals surface area contributed by atoms with Gasteiger partial charge in [-0.1, -0.05) is 31.9 Å². The topological polar surface area (TPSA) is 80.8 Å². The van der Waals surface area contributed by atoms with Crippen molar-refractivity contribution in [2.45, 2.75) is 45.6 Å². The average molecular weight is 528 g/mol. The number of anilines is 1. The van der Waals surface area contributed by atoms with Crippen LogP contribution < -0.4 is 19.1 Å². The van der Waals surface area contributed by atoms with Crippen molar-refractivity contribution >= 4 is 17.8 Å². The van der Waals surface area contributed by atoms with Gasteiger partial charge in [0.05, 0.1) is 34.0 Å². The molecular weight excluding hydrogens is 486 g/mol. The lowest BCUT2D eigenvalue weighted by Crippen LogP contribution is -2.49. The number of ether oxygens (including phenoxy) is 4. The van der Waals surface area contributed by atoms with Crippen LogP contribution in [0, 0.1) is 0 Å². The molecule has 3 rings (SSSR count). The van der Waals surface area contributed by atoms with E-state index in [0.717, 1.165) is 42.5 Å². The molecule has 0 spiro atoms. The van der Waals surface area contributed by atoms with Crippen molar-refractivity contribution in [3.8, 4) is 17.2 Å². The van der Waals surface area contributed by atoms with E-state index < -0.39 is 0 Å². The van der Waals surface area contributed by atoms with E-state index in [0.29, 0.717) is 49.9 Å². The summed E-state index contributed by atoms with van der Waals surface area (Å²) in [4.78, 5) is 30.2. The highest BCUT2D eigenvalue weighted by Crippen LogP contribution is 2.34. The average Bonchev–Trinajstić information content (AvgIpc) is 2.92. The minimum absolute atomic E-state index is 0.0555. The molecule has 2 aromatic carbocycles. The molecule has 3 amide bonds. The van der Waals surface area contributed by atoms with E-state index in [1.807, 2.05) is 41.3 Å². The highest BCUT2D eigenvalue weighted by molar-refractivity contribution is 5.93. The number of rotatable bonds is 13. The Hall–Kier alpha value is -3.62. The summed E-state index contributed by atoms with van der Waals surface area (Å²) in [5, 5.41) is 0. The predicted molar refractivity (Wildman–Crippen MR) is 148 cm³/mol. The number of nitrogens with zero attached hydrogens (tertiary/aromatic N) is 3. The first kappa shape index (κ1) is 28.9. The van der Waals surface area contributed by atoms with E-state index in [2.05, 4.69) is 6.92 Å². The summed E-state index contributed by atoms with van der Waals surface area (Å²) < 4.78 is 22.3. The van der Waals surface area contributed by atoms with Gasteiger partial charge < -0.3 is 28.7 Å². The van der Waals surface area contributed by atoms with Crippen molar-refractivity contribution in [1.82, 2.24) is 9.80 Å². The number of benzene rings is 2. The Labute approximate surface area is 226 Å². The number of hydrogen-bond acceptors (Lipinski definition) is 6. The minimum atomic E-state index is -0.367. The number of carbonyl (C=O) groups is 2. The zero-order valence-corrected chi connectivity index (χ0v) is 23.3. The summed E-state index contributed by atoms with van der Waals surface area (Å²) >= 11 is 0. The normalized spacial score (nSPS) is 13.3. The number of methoxy groups -OCH3 is 2. The summed E-state index contributed by atoms with van der Waals surface area (Å²) in [5.74, 6) is 2.02. The predicted octanol–water partition coefficient (Wildman–Crippen LogP) is 5.35. The fraction of sp³-hybridized carbons (Fsp3) is 0.517. The molecule has 0 aromatic heterocycles. The molecule has 0 N–H and O–H groups in total. The van der Waals surface area contributed by atoms with Crippen molar-refractivity contribution in [1.29, 1.82) is 0 Å². The molecule has 9 nitrogen and oxygen atoms in total. The second kappa shape index (κ2) is 14.4. The lowest BCUT2D eigenvalue weighted by Gasteiger charge is -2.36. The zero-order valence-electron chi connectivity index (χ0n) is 23.3. The van der Waals surface area contributed by atoms with Gasteiger partial charge in [-0.25, -0.2) is 9.59 Å². The maximum Gasteiger partial charge on any atom is 0.409 e. The lowest BCUT2D eigenvalue weighted by atomic mass is 10.1. The van der Waals surface area contributed by atoms with Gasteiger partial charge in [0.2, 0.25) is 0 Å². The largest absolute Gasteiger partial charge is 0.496 e. The molecule has 1 heterocycles. The van der Waals surface area contributed by atoms with E-state index in [4.69, 9.17) is 18.9 Å². The van der Waals surface area contributed by atoms with Crippen molar-refractivity contribution in [2.75, 3.05) is 59.5 Å². The Morgan fingerprint density at radius 1 is 0.947 bits per heavy atom. The summed E-state index contributed by atoms with van der Waals surface area (Å²) in [6.45, 7) is 4.79. The molecule has 1 aliphatic heterocycles. The van der Waals surface area contributed by atoms with Gasteiger partial charge in [-0.2, -0.15) is 0 Å². The van der Waals surface area contributed by atoms with Crippen LogP contribution in [-0.4, -0.2) is 76.5 Å². The first-order valence-electron chi connectivity index (χ1n) is 13.2.